The maximum atomic E-state index is 12.3. The Morgan fingerprint density at radius 1 is 1.61 bits per heavy atom. The highest BCUT2D eigenvalue weighted by atomic mass is 35.5. The summed E-state index contributed by atoms with van der Waals surface area (Å²) in [7, 11) is -3.62. The van der Waals surface area contributed by atoms with E-state index in [1.54, 1.807) is 6.92 Å². The van der Waals surface area contributed by atoms with E-state index in [0.29, 0.717) is 18.7 Å². The number of primary amides is 1. The van der Waals surface area contributed by atoms with E-state index in [1.165, 1.54) is 4.31 Å². The van der Waals surface area contributed by atoms with Crippen molar-refractivity contribution in [1.82, 2.24) is 9.29 Å². The molecule has 1 aromatic heterocycles. The van der Waals surface area contributed by atoms with Crippen LogP contribution in [0.3, 0.4) is 0 Å². The average Bonchev–Trinajstić information content (AvgIpc) is 2.85. The van der Waals surface area contributed by atoms with Gasteiger partial charge in [-0.1, -0.05) is 22.9 Å². The van der Waals surface area contributed by atoms with Gasteiger partial charge in [0.25, 0.3) is 10.0 Å². The lowest BCUT2D eigenvalue weighted by Crippen LogP contribution is -2.31. The van der Waals surface area contributed by atoms with E-state index in [1.807, 2.05) is 0 Å². The van der Waals surface area contributed by atoms with Crippen molar-refractivity contribution in [3.63, 3.8) is 0 Å². The maximum Gasteiger partial charge on any atom is 0.254 e. The van der Waals surface area contributed by atoms with Crippen LogP contribution in [0.15, 0.2) is 4.21 Å². The lowest BCUT2D eigenvalue weighted by atomic mass is 10.1. The Morgan fingerprint density at radius 3 is 2.72 bits per heavy atom. The van der Waals surface area contributed by atoms with Crippen molar-refractivity contribution in [2.24, 2.45) is 11.7 Å². The van der Waals surface area contributed by atoms with Gasteiger partial charge in [0.15, 0.2) is 8.68 Å². The van der Waals surface area contributed by atoms with Gasteiger partial charge in [-0.3, -0.25) is 4.79 Å². The molecule has 2 N–H and O–H groups in total. The van der Waals surface area contributed by atoms with E-state index in [-0.39, 0.29) is 15.2 Å². The van der Waals surface area contributed by atoms with Gasteiger partial charge in [-0.25, -0.2) is 13.4 Å². The third kappa shape index (κ3) is 2.37. The number of carbonyl (C=O) groups is 1. The van der Waals surface area contributed by atoms with Gasteiger partial charge in [0.2, 0.25) is 5.91 Å². The average molecular weight is 310 g/mol. The van der Waals surface area contributed by atoms with Crippen LogP contribution in [0.25, 0.3) is 0 Å². The topological polar surface area (TPSA) is 93.4 Å². The molecule has 1 aromatic rings. The fourth-order valence-electron chi connectivity index (χ4n) is 1.89. The van der Waals surface area contributed by atoms with Crippen LogP contribution in [0, 0.1) is 12.8 Å². The van der Waals surface area contributed by atoms with Gasteiger partial charge in [-0.2, -0.15) is 4.31 Å². The Kier molecular flexibility index (Phi) is 3.63. The van der Waals surface area contributed by atoms with Crippen molar-refractivity contribution in [3.8, 4) is 0 Å². The summed E-state index contributed by atoms with van der Waals surface area (Å²) >= 11 is 6.63. The molecule has 0 aromatic carbocycles. The molecule has 0 spiro atoms. The number of carbonyl (C=O) groups excluding carboxylic acids is 1. The molecule has 1 fully saturated rings. The van der Waals surface area contributed by atoms with Crippen LogP contribution >= 0.6 is 22.9 Å². The summed E-state index contributed by atoms with van der Waals surface area (Å²) in [4.78, 5) is 14.9. The molecule has 1 aliphatic rings. The Balaban J connectivity index is 2.28. The molecule has 0 saturated carbocycles. The van der Waals surface area contributed by atoms with Gasteiger partial charge < -0.3 is 5.73 Å². The fourth-order valence-corrected chi connectivity index (χ4v) is 5.26. The first-order valence-corrected chi connectivity index (χ1v) is 7.88. The zero-order valence-electron chi connectivity index (χ0n) is 9.59. The molecule has 2 rings (SSSR count). The van der Waals surface area contributed by atoms with E-state index in [9.17, 15) is 13.2 Å². The van der Waals surface area contributed by atoms with E-state index in [2.05, 4.69) is 4.98 Å². The number of sulfonamides is 1. The molecular weight excluding hydrogens is 298 g/mol. The lowest BCUT2D eigenvalue weighted by molar-refractivity contribution is -0.121. The molecule has 0 radical (unpaired) electrons. The molecule has 1 unspecified atom stereocenters. The van der Waals surface area contributed by atoms with Crippen molar-refractivity contribution in [2.75, 3.05) is 13.1 Å². The maximum absolute atomic E-state index is 12.3. The third-order valence-corrected chi connectivity index (χ3v) is 6.57. The van der Waals surface area contributed by atoms with Crippen molar-refractivity contribution in [3.05, 3.63) is 10.2 Å². The smallest absolute Gasteiger partial charge is 0.254 e. The summed E-state index contributed by atoms with van der Waals surface area (Å²) in [6.07, 6.45) is 0.458. The van der Waals surface area contributed by atoms with Crippen LogP contribution in [0.1, 0.15) is 12.1 Å². The highest BCUT2D eigenvalue weighted by molar-refractivity contribution is 7.91. The molecule has 6 nitrogen and oxygen atoms in total. The summed E-state index contributed by atoms with van der Waals surface area (Å²) in [6, 6.07) is 0. The number of rotatable bonds is 3. The predicted octanol–water partition coefficient (Wildman–Crippen LogP) is 0.601. The minimum atomic E-state index is -3.62. The normalized spacial score (nSPS) is 21.3. The summed E-state index contributed by atoms with van der Waals surface area (Å²) in [5, 5.41) is 0. The van der Waals surface area contributed by atoms with Gasteiger partial charge >= 0.3 is 0 Å². The Hall–Kier alpha value is -0.700. The molecule has 0 bridgehead atoms. The van der Waals surface area contributed by atoms with Crippen molar-refractivity contribution in [1.29, 1.82) is 0 Å². The number of amides is 1. The van der Waals surface area contributed by atoms with Crippen molar-refractivity contribution < 1.29 is 13.2 Å². The van der Waals surface area contributed by atoms with E-state index >= 15 is 0 Å². The summed E-state index contributed by atoms with van der Waals surface area (Å²) in [5.41, 5.74) is 5.57. The van der Waals surface area contributed by atoms with Gasteiger partial charge in [0, 0.05) is 13.1 Å². The third-order valence-electron chi connectivity index (χ3n) is 2.86. The number of thiazole rings is 1. The molecule has 1 atom stereocenters. The first kappa shape index (κ1) is 13.7. The Bertz CT molecular complexity index is 584. The second-order valence-electron chi connectivity index (χ2n) is 4.09. The fraction of sp³-hybridized carbons (Fsp3) is 0.556. The summed E-state index contributed by atoms with van der Waals surface area (Å²) in [6.45, 7) is 2.02. The zero-order valence-corrected chi connectivity index (χ0v) is 12.0. The van der Waals surface area contributed by atoms with E-state index in [4.69, 9.17) is 17.3 Å². The van der Waals surface area contributed by atoms with Crippen LogP contribution in [0.4, 0.5) is 0 Å². The SMILES string of the molecule is Cc1nc(Cl)sc1S(=O)(=O)N1CCC(C(N)=O)C1. The Labute approximate surface area is 114 Å². The van der Waals surface area contributed by atoms with Gasteiger partial charge in [0.05, 0.1) is 11.6 Å². The number of hydrogen-bond acceptors (Lipinski definition) is 5. The van der Waals surface area contributed by atoms with Crippen LogP contribution in [-0.4, -0.2) is 36.7 Å². The van der Waals surface area contributed by atoms with Crippen LogP contribution in [0.2, 0.25) is 4.47 Å². The van der Waals surface area contributed by atoms with Crippen molar-refractivity contribution >= 4 is 38.9 Å². The first-order valence-electron chi connectivity index (χ1n) is 5.24. The molecule has 9 heteroatoms. The highest BCUT2D eigenvalue weighted by Crippen LogP contribution is 2.31. The van der Waals surface area contributed by atoms with Crippen LogP contribution in [0.5, 0.6) is 0 Å². The molecule has 2 heterocycles. The molecule has 1 saturated heterocycles. The number of nitrogens with two attached hydrogens (primary N) is 1. The summed E-state index contributed by atoms with van der Waals surface area (Å²) in [5.74, 6) is -0.879. The monoisotopic (exact) mass is 309 g/mol. The Morgan fingerprint density at radius 2 is 2.28 bits per heavy atom. The minimum absolute atomic E-state index is 0.132. The van der Waals surface area contributed by atoms with Gasteiger partial charge in [-0.15, -0.1) is 0 Å². The van der Waals surface area contributed by atoms with Gasteiger partial charge in [0.1, 0.15) is 0 Å². The van der Waals surface area contributed by atoms with Gasteiger partial charge in [-0.05, 0) is 13.3 Å². The number of aryl methyl sites for hydroxylation is 1. The molecule has 18 heavy (non-hydrogen) atoms. The second kappa shape index (κ2) is 4.76. The predicted molar refractivity (Wildman–Crippen MR) is 67.9 cm³/mol. The standard InChI is InChI=1S/C9H12ClN3O3S2/c1-5-8(17-9(10)12-5)18(15,16)13-3-2-6(4-13)7(11)14/h6H,2-4H2,1H3,(H2,11,14). The van der Waals surface area contributed by atoms with Crippen molar-refractivity contribution in [2.45, 2.75) is 17.6 Å². The quantitative estimate of drug-likeness (QED) is 0.884. The van der Waals surface area contributed by atoms with E-state index in [0.717, 1.165) is 11.3 Å². The van der Waals surface area contributed by atoms with Crippen LogP contribution < -0.4 is 5.73 Å². The molecule has 100 valence electrons. The van der Waals surface area contributed by atoms with Crippen LogP contribution in [-0.2, 0) is 14.8 Å². The molecule has 1 aliphatic heterocycles. The number of aromatic nitrogens is 1. The number of halogens is 1. The molecule has 0 aliphatic carbocycles. The second-order valence-corrected chi connectivity index (χ2v) is 7.81. The minimum Gasteiger partial charge on any atom is -0.369 e. The lowest BCUT2D eigenvalue weighted by Gasteiger charge is -2.14. The highest BCUT2D eigenvalue weighted by Gasteiger charge is 2.36. The first-order chi connectivity index (χ1) is 8.32. The molecule has 1 amide bonds. The summed E-state index contributed by atoms with van der Waals surface area (Å²) < 4.78 is 26.2. The largest absolute Gasteiger partial charge is 0.369 e. The zero-order chi connectivity index (χ0) is 13.5. The van der Waals surface area contributed by atoms with E-state index < -0.39 is 21.8 Å². The molecular formula is C9H12ClN3O3S2. The number of nitrogens with zero attached hydrogens (tertiary/aromatic N) is 2. The number of hydrogen-bond donors (Lipinski definition) is 1.